The highest BCUT2D eigenvalue weighted by Crippen LogP contribution is 2.28. The van der Waals surface area contributed by atoms with E-state index < -0.39 is 0 Å². The molecule has 1 atom stereocenters. The van der Waals surface area contributed by atoms with Gasteiger partial charge in [0.15, 0.2) is 0 Å². The first-order valence-corrected chi connectivity index (χ1v) is 6.28. The highest BCUT2D eigenvalue weighted by atomic mass is 32.2. The summed E-state index contributed by atoms with van der Waals surface area (Å²) in [5.74, 6) is -0.404. The van der Waals surface area contributed by atoms with Crippen LogP contribution in [0.5, 0.6) is 0 Å². The molecule has 1 saturated heterocycles. The lowest BCUT2D eigenvalue weighted by Crippen LogP contribution is -2.41. The Morgan fingerprint density at radius 3 is 2.88 bits per heavy atom. The largest absolute Gasteiger partial charge is 0.395 e. The van der Waals surface area contributed by atoms with Crippen molar-refractivity contribution in [2.45, 2.75) is 18.6 Å². The average molecular weight is 262 g/mol. The Morgan fingerprint density at radius 1 is 1.69 bits per heavy atom. The molecule has 90 valence electrons. The number of carbonyl (C=O) groups is 2. The summed E-state index contributed by atoms with van der Waals surface area (Å²) >= 11 is 6.36. The van der Waals surface area contributed by atoms with Crippen LogP contribution in [0.1, 0.15) is 13.3 Å². The molecule has 1 aliphatic heterocycles. The van der Waals surface area contributed by atoms with Gasteiger partial charge >= 0.3 is 0 Å². The van der Waals surface area contributed by atoms with Crippen molar-refractivity contribution in [2.75, 3.05) is 19.7 Å². The van der Waals surface area contributed by atoms with Crippen LogP contribution in [0.3, 0.4) is 0 Å². The number of thiocarbonyl (C=S) groups is 1. The molecule has 5 nitrogen and oxygen atoms in total. The number of nitrogens with one attached hydrogen (secondary N) is 1. The van der Waals surface area contributed by atoms with Gasteiger partial charge in [-0.25, -0.2) is 0 Å². The first-order chi connectivity index (χ1) is 7.60. The van der Waals surface area contributed by atoms with Gasteiger partial charge in [0.05, 0.1) is 11.9 Å². The van der Waals surface area contributed by atoms with E-state index >= 15 is 0 Å². The van der Waals surface area contributed by atoms with E-state index in [2.05, 4.69) is 5.32 Å². The Hall–Kier alpha value is -0.660. The SMILES string of the molecule is CCC1SC(=S)N(CC(=O)NCCO)C1=O. The Balaban J connectivity index is 2.51. The van der Waals surface area contributed by atoms with Gasteiger partial charge in [0, 0.05) is 6.54 Å². The van der Waals surface area contributed by atoms with Crippen molar-refractivity contribution in [1.82, 2.24) is 10.2 Å². The molecule has 0 aliphatic carbocycles. The second-order valence-corrected chi connectivity index (χ2v) is 5.12. The van der Waals surface area contributed by atoms with Crippen molar-refractivity contribution in [2.24, 2.45) is 0 Å². The molecule has 2 amide bonds. The van der Waals surface area contributed by atoms with E-state index in [0.29, 0.717) is 10.7 Å². The molecule has 0 spiro atoms. The second kappa shape index (κ2) is 6.17. The van der Waals surface area contributed by atoms with Crippen molar-refractivity contribution in [3.8, 4) is 0 Å². The summed E-state index contributed by atoms with van der Waals surface area (Å²) in [4.78, 5) is 24.4. The fourth-order valence-corrected chi connectivity index (χ4v) is 2.72. The molecule has 1 rings (SSSR count). The average Bonchev–Trinajstić information content (AvgIpc) is 2.53. The molecule has 1 fully saturated rings. The maximum absolute atomic E-state index is 11.7. The van der Waals surface area contributed by atoms with Gasteiger partial charge in [-0.05, 0) is 6.42 Å². The molecule has 2 N–H and O–H groups in total. The predicted molar refractivity (Wildman–Crippen MR) is 66.1 cm³/mol. The number of rotatable bonds is 5. The lowest BCUT2D eigenvalue weighted by molar-refractivity contribution is -0.131. The van der Waals surface area contributed by atoms with E-state index in [4.69, 9.17) is 17.3 Å². The van der Waals surface area contributed by atoms with Crippen LogP contribution in [-0.4, -0.2) is 51.1 Å². The van der Waals surface area contributed by atoms with Crippen LogP contribution in [0.4, 0.5) is 0 Å². The number of carbonyl (C=O) groups excluding carboxylic acids is 2. The maximum atomic E-state index is 11.7. The molecule has 0 radical (unpaired) electrons. The standard InChI is InChI=1S/C9H14N2O3S2/c1-2-6-8(14)11(9(15)16-6)5-7(13)10-3-4-12/h6,12H,2-5H2,1H3,(H,10,13). The van der Waals surface area contributed by atoms with Crippen LogP contribution in [0.2, 0.25) is 0 Å². The molecule has 1 heterocycles. The normalized spacial score (nSPS) is 20.4. The highest BCUT2D eigenvalue weighted by molar-refractivity contribution is 8.24. The van der Waals surface area contributed by atoms with Crippen LogP contribution in [0.25, 0.3) is 0 Å². The van der Waals surface area contributed by atoms with E-state index in [1.54, 1.807) is 0 Å². The smallest absolute Gasteiger partial charge is 0.242 e. The molecule has 16 heavy (non-hydrogen) atoms. The van der Waals surface area contributed by atoms with Gasteiger partial charge < -0.3 is 10.4 Å². The summed E-state index contributed by atoms with van der Waals surface area (Å²) in [6.07, 6.45) is 0.707. The van der Waals surface area contributed by atoms with E-state index in [1.165, 1.54) is 16.7 Å². The summed E-state index contributed by atoms with van der Waals surface area (Å²) in [5, 5.41) is 10.9. The minimum Gasteiger partial charge on any atom is -0.395 e. The minimum atomic E-state index is -0.304. The highest BCUT2D eigenvalue weighted by Gasteiger charge is 2.36. The Kier molecular flexibility index (Phi) is 5.17. The Bertz CT molecular complexity index is 309. The molecule has 7 heteroatoms. The molecule has 0 aromatic rings. The number of amides is 2. The quantitative estimate of drug-likeness (QED) is 0.668. The Morgan fingerprint density at radius 2 is 2.38 bits per heavy atom. The van der Waals surface area contributed by atoms with Crippen LogP contribution in [-0.2, 0) is 9.59 Å². The number of hydrogen-bond acceptors (Lipinski definition) is 5. The van der Waals surface area contributed by atoms with E-state index in [-0.39, 0.29) is 36.8 Å². The molecule has 1 aliphatic rings. The zero-order valence-electron chi connectivity index (χ0n) is 8.93. The van der Waals surface area contributed by atoms with Crippen molar-refractivity contribution < 1.29 is 14.7 Å². The first-order valence-electron chi connectivity index (χ1n) is 4.99. The van der Waals surface area contributed by atoms with Crippen molar-refractivity contribution in [1.29, 1.82) is 0 Å². The minimum absolute atomic E-state index is 0.0544. The predicted octanol–water partition coefficient (Wildman–Crippen LogP) is -0.266. The molecule has 0 aromatic heterocycles. The molecular formula is C9H14N2O3S2. The van der Waals surface area contributed by atoms with Crippen molar-refractivity contribution in [3.63, 3.8) is 0 Å². The first kappa shape index (κ1) is 13.4. The van der Waals surface area contributed by atoms with Crippen molar-refractivity contribution in [3.05, 3.63) is 0 Å². The summed E-state index contributed by atoms with van der Waals surface area (Å²) in [6, 6.07) is 0. The summed E-state index contributed by atoms with van der Waals surface area (Å²) in [5.41, 5.74) is 0. The van der Waals surface area contributed by atoms with E-state index in [9.17, 15) is 9.59 Å². The zero-order chi connectivity index (χ0) is 12.1. The van der Waals surface area contributed by atoms with Gasteiger partial charge in [-0.2, -0.15) is 0 Å². The number of aliphatic hydroxyl groups excluding tert-OH is 1. The van der Waals surface area contributed by atoms with Gasteiger partial charge in [0.25, 0.3) is 0 Å². The van der Waals surface area contributed by atoms with Gasteiger partial charge in [0.1, 0.15) is 10.9 Å². The van der Waals surface area contributed by atoms with Crippen LogP contribution < -0.4 is 5.32 Å². The second-order valence-electron chi connectivity index (χ2n) is 3.28. The van der Waals surface area contributed by atoms with Gasteiger partial charge in [-0.3, -0.25) is 14.5 Å². The van der Waals surface area contributed by atoms with Crippen LogP contribution in [0.15, 0.2) is 0 Å². The summed E-state index contributed by atoms with van der Waals surface area (Å²) in [6.45, 7) is 1.93. The number of hydrogen-bond donors (Lipinski definition) is 2. The number of nitrogens with zero attached hydrogens (tertiary/aromatic N) is 1. The lowest BCUT2D eigenvalue weighted by Gasteiger charge is -2.14. The van der Waals surface area contributed by atoms with Crippen LogP contribution in [0, 0.1) is 0 Å². The molecule has 1 unspecified atom stereocenters. The monoisotopic (exact) mass is 262 g/mol. The van der Waals surface area contributed by atoms with E-state index in [1.807, 2.05) is 6.92 Å². The maximum Gasteiger partial charge on any atom is 0.242 e. The third kappa shape index (κ3) is 3.16. The summed E-state index contributed by atoms with van der Waals surface area (Å²) in [7, 11) is 0. The fraction of sp³-hybridized carbons (Fsp3) is 0.667. The van der Waals surface area contributed by atoms with Gasteiger partial charge in [0.2, 0.25) is 11.8 Å². The van der Waals surface area contributed by atoms with Gasteiger partial charge in [-0.1, -0.05) is 30.9 Å². The molecule has 0 aromatic carbocycles. The zero-order valence-corrected chi connectivity index (χ0v) is 10.6. The fourth-order valence-electron chi connectivity index (χ4n) is 1.29. The molecular weight excluding hydrogens is 248 g/mol. The van der Waals surface area contributed by atoms with Crippen molar-refractivity contribution >= 4 is 40.1 Å². The number of aliphatic hydroxyl groups is 1. The third-order valence-electron chi connectivity index (χ3n) is 2.11. The third-order valence-corrected chi connectivity index (χ3v) is 3.86. The lowest BCUT2D eigenvalue weighted by atomic mass is 10.3. The summed E-state index contributed by atoms with van der Waals surface area (Å²) < 4.78 is 0.455. The number of thioether (sulfide) groups is 1. The van der Waals surface area contributed by atoms with Gasteiger partial charge in [-0.15, -0.1) is 0 Å². The van der Waals surface area contributed by atoms with E-state index in [0.717, 1.165) is 0 Å². The molecule has 0 saturated carbocycles. The van der Waals surface area contributed by atoms with Crippen LogP contribution >= 0.6 is 24.0 Å². The molecule has 0 bridgehead atoms. The topological polar surface area (TPSA) is 69.6 Å². The Labute approximate surface area is 104 Å².